The molecule has 10 unspecified atom stereocenters. The Morgan fingerprint density at radius 2 is 1.85 bits per heavy atom. The minimum atomic E-state index is -1.69. The summed E-state index contributed by atoms with van der Waals surface area (Å²) in [6.45, 7) is 0.815. The van der Waals surface area contributed by atoms with Gasteiger partial charge in [0.05, 0.1) is 23.7 Å². The molecule has 0 amide bonds. The van der Waals surface area contributed by atoms with Gasteiger partial charge in [-0.2, -0.15) is 0 Å². The van der Waals surface area contributed by atoms with Crippen LogP contribution in [0.25, 0.3) is 0 Å². The monoisotopic (exact) mass is 482 g/mol. The second-order valence-corrected chi connectivity index (χ2v) is 9.84. The van der Waals surface area contributed by atoms with E-state index in [4.69, 9.17) is 23.7 Å². The van der Waals surface area contributed by atoms with E-state index in [0.29, 0.717) is 18.4 Å². The molecule has 3 saturated heterocycles. The predicted octanol–water partition coefficient (Wildman–Crippen LogP) is -0.967. The first-order chi connectivity index (χ1) is 16.1. The van der Waals surface area contributed by atoms with E-state index in [1.54, 1.807) is 30.3 Å². The lowest BCUT2D eigenvalue weighted by Crippen LogP contribution is -2.63. The average Bonchev–Trinajstić information content (AvgIpc) is 2.92. The lowest BCUT2D eigenvalue weighted by molar-refractivity contribution is -0.379. The molecule has 3 aliphatic heterocycles. The van der Waals surface area contributed by atoms with Crippen molar-refractivity contribution in [2.45, 2.75) is 80.2 Å². The molecule has 0 spiro atoms. The van der Waals surface area contributed by atoms with Gasteiger partial charge in [0, 0.05) is 6.42 Å². The molecule has 10 atom stereocenters. The van der Waals surface area contributed by atoms with Gasteiger partial charge in [0.2, 0.25) is 0 Å². The van der Waals surface area contributed by atoms with Crippen molar-refractivity contribution in [3.05, 3.63) is 35.9 Å². The summed E-state index contributed by atoms with van der Waals surface area (Å²) in [6.07, 6.45) is -7.66. The van der Waals surface area contributed by atoms with Crippen LogP contribution in [0.3, 0.4) is 0 Å². The zero-order chi connectivity index (χ0) is 24.3. The molecule has 1 aliphatic carbocycles. The van der Waals surface area contributed by atoms with Gasteiger partial charge in [-0.15, -0.1) is 0 Å². The molecule has 5 N–H and O–H groups in total. The molecule has 1 saturated carbocycles. The number of benzene rings is 1. The highest BCUT2D eigenvalue weighted by Gasteiger charge is 2.74. The van der Waals surface area contributed by atoms with Gasteiger partial charge in [0.25, 0.3) is 0 Å². The van der Waals surface area contributed by atoms with E-state index in [1.165, 1.54) is 0 Å². The zero-order valence-corrected chi connectivity index (χ0v) is 18.6. The summed E-state index contributed by atoms with van der Waals surface area (Å²) in [7, 11) is 0. The Morgan fingerprint density at radius 3 is 2.56 bits per heavy atom. The molecule has 1 aromatic rings. The fourth-order valence-electron chi connectivity index (χ4n) is 5.66. The number of aliphatic hydroxyl groups excluding tert-OH is 4. The maximum Gasteiger partial charge on any atom is 0.338 e. The van der Waals surface area contributed by atoms with E-state index in [0.717, 1.165) is 0 Å². The van der Waals surface area contributed by atoms with Crippen LogP contribution in [0.4, 0.5) is 0 Å². The van der Waals surface area contributed by atoms with Gasteiger partial charge in [-0.05, 0) is 31.9 Å². The van der Waals surface area contributed by atoms with Gasteiger partial charge < -0.3 is 49.2 Å². The number of esters is 1. The Morgan fingerprint density at radius 1 is 1.12 bits per heavy atom. The number of ether oxygens (including phenoxy) is 5. The minimum absolute atomic E-state index is 0.174. The van der Waals surface area contributed by atoms with E-state index >= 15 is 0 Å². The molecular formula is C23H30O11. The van der Waals surface area contributed by atoms with Crippen LogP contribution >= 0.6 is 0 Å². The van der Waals surface area contributed by atoms with Crippen LogP contribution in [-0.4, -0.2) is 98.7 Å². The van der Waals surface area contributed by atoms with Crippen LogP contribution in [0.2, 0.25) is 0 Å². The van der Waals surface area contributed by atoms with Crippen molar-refractivity contribution in [3.8, 4) is 0 Å². The first kappa shape index (κ1) is 24.0. The SMILES string of the molecule is CC12CCC3C(O)(C1)OC(O2)C3(COC(=O)c1ccccc1)OC1OC(CO)C(O)C(O)C1O. The number of aliphatic hydroxyl groups is 5. The van der Waals surface area contributed by atoms with E-state index in [2.05, 4.69) is 0 Å². The number of carbonyl (C=O) groups is 1. The van der Waals surface area contributed by atoms with Crippen molar-refractivity contribution < 1.29 is 54.0 Å². The van der Waals surface area contributed by atoms with Gasteiger partial charge in [-0.1, -0.05) is 18.2 Å². The molecule has 11 heteroatoms. The maximum absolute atomic E-state index is 12.7. The normalized spacial score (nSPS) is 47.5. The Balaban J connectivity index is 1.47. The molecule has 0 radical (unpaired) electrons. The van der Waals surface area contributed by atoms with Gasteiger partial charge in [0.15, 0.2) is 24.0 Å². The van der Waals surface area contributed by atoms with Crippen LogP contribution < -0.4 is 0 Å². The molecule has 0 aromatic heterocycles. The summed E-state index contributed by atoms with van der Waals surface area (Å²) in [4.78, 5) is 12.7. The van der Waals surface area contributed by atoms with Crippen LogP contribution in [-0.2, 0) is 23.7 Å². The molecule has 1 aromatic carbocycles. The Hall–Kier alpha value is -1.67. The fraction of sp³-hybridized carbons (Fsp3) is 0.696. The van der Waals surface area contributed by atoms with Crippen molar-refractivity contribution in [1.29, 1.82) is 0 Å². The molecule has 3 bridgehead atoms. The largest absolute Gasteiger partial charge is 0.459 e. The van der Waals surface area contributed by atoms with E-state index in [-0.39, 0.29) is 6.42 Å². The summed E-state index contributed by atoms with van der Waals surface area (Å²) in [5, 5.41) is 51.8. The van der Waals surface area contributed by atoms with Gasteiger partial charge >= 0.3 is 5.97 Å². The maximum atomic E-state index is 12.7. The zero-order valence-electron chi connectivity index (χ0n) is 18.6. The molecule has 4 aliphatic rings. The number of carbonyl (C=O) groups excluding carboxylic acids is 1. The Kier molecular flexibility index (Phi) is 5.99. The summed E-state index contributed by atoms with van der Waals surface area (Å²) in [6, 6.07) is 8.33. The molecule has 11 nitrogen and oxygen atoms in total. The molecule has 188 valence electrons. The first-order valence-electron chi connectivity index (χ1n) is 11.4. The van der Waals surface area contributed by atoms with Gasteiger partial charge in [-0.25, -0.2) is 4.79 Å². The standard InChI is InChI=1S/C23H30O11/c1-21-8-7-14-22(20(33-21)34-23(14,29)10-21,11-30-18(28)12-5-3-2-4-6-12)32-19-17(27)16(26)15(25)13(9-24)31-19/h2-6,13-17,19-20,24-27,29H,7-11H2,1H3. The smallest absolute Gasteiger partial charge is 0.338 e. The third kappa shape index (κ3) is 3.76. The van der Waals surface area contributed by atoms with E-state index in [9.17, 15) is 30.3 Å². The van der Waals surface area contributed by atoms with E-state index in [1.807, 2.05) is 6.92 Å². The van der Waals surface area contributed by atoms with Crippen LogP contribution in [0, 0.1) is 5.92 Å². The van der Waals surface area contributed by atoms with Crippen molar-refractivity contribution in [3.63, 3.8) is 0 Å². The van der Waals surface area contributed by atoms with Crippen molar-refractivity contribution in [2.75, 3.05) is 13.2 Å². The molecule has 34 heavy (non-hydrogen) atoms. The predicted molar refractivity (Wildman–Crippen MR) is 111 cm³/mol. The summed E-state index contributed by atoms with van der Waals surface area (Å²) < 4.78 is 29.3. The van der Waals surface area contributed by atoms with Crippen LogP contribution in [0.15, 0.2) is 30.3 Å². The van der Waals surface area contributed by atoms with Crippen molar-refractivity contribution >= 4 is 5.97 Å². The Labute approximate surface area is 195 Å². The molecule has 3 heterocycles. The van der Waals surface area contributed by atoms with Crippen molar-refractivity contribution in [2.24, 2.45) is 5.92 Å². The third-order valence-electron chi connectivity index (χ3n) is 7.45. The van der Waals surface area contributed by atoms with E-state index < -0.39 is 79.1 Å². The van der Waals surface area contributed by atoms with Gasteiger partial charge in [0.1, 0.15) is 31.0 Å². The van der Waals surface area contributed by atoms with Crippen LogP contribution in [0.1, 0.15) is 36.5 Å². The average molecular weight is 482 g/mol. The number of hydrogen-bond donors (Lipinski definition) is 5. The summed E-state index contributed by atoms with van der Waals surface area (Å²) in [5.41, 5.74) is -1.98. The molecule has 4 fully saturated rings. The summed E-state index contributed by atoms with van der Waals surface area (Å²) in [5.74, 6) is -2.97. The highest BCUT2D eigenvalue weighted by atomic mass is 16.8. The third-order valence-corrected chi connectivity index (χ3v) is 7.45. The topological polar surface area (TPSA) is 164 Å². The Bertz CT molecular complexity index is 911. The second-order valence-electron chi connectivity index (χ2n) is 9.84. The summed E-state index contributed by atoms with van der Waals surface area (Å²) >= 11 is 0. The first-order valence-corrected chi connectivity index (χ1v) is 11.4. The highest BCUT2D eigenvalue weighted by Crippen LogP contribution is 2.60. The molecule has 5 rings (SSSR count). The number of rotatable bonds is 6. The second kappa shape index (κ2) is 8.47. The highest BCUT2D eigenvalue weighted by molar-refractivity contribution is 5.89. The van der Waals surface area contributed by atoms with Gasteiger partial charge in [-0.3, -0.25) is 0 Å². The lowest BCUT2D eigenvalue weighted by atomic mass is 9.71. The number of fused-ring (bicyclic) bond motifs is 2. The quantitative estimate of drug-likeness (QED) is 0.317. The fourth-order valence-corrected chi connectivity index (χ4v) is 5.66. The lowest BCUT2D eigenvalue weighted by Gasteiger charge is -2.46. The minimum Gasteiger partial charge on any atom is -0.459 e. The van der Waals surface area contributed by atoms with Crippen LogP contribution in [0.5, 0.6) is 0 Å². The molecular weight excluding hydrogens is 452 g/mol. The number of hydrogen-bond acceptors (Lipinski definition) is 11. The van der Waals surface area contributed by atoms with Crippen molar-refractivity contribution in [1.82, 2.24) is 0 Å².